The van der Waals surface area contributed by atoms with Crippen LogP contribution in [0.5, 0.6) is 0 Å². The van der Waals surface area contributed by atoms with Crippen LogP contribution >= 0.6 is 0 Å². The molecule has 0 bridgehead atoms. The van der Waals surface area contributed by atoms with Crippen LogP contribution in [0.25, 0.3) is 0 Å². The minimum atomic E-state index is 0. The number of para-hydroxylation sites is 1. The van der Waals surface area contributed by atoms with Gasteiger partial charge in [0.1, 0.15) is 18.8 Å². The maximum atomic E-state index is 9.70. The summed E-state index contributed by atoms with van der Waals surface area (Å²) in [6.45, 7) is 5.15. The Morgan fingerprint density at radius 2 is 1.25 bits per heavy atom. The van der Waals surface area contributed by atoms with Gasteiger partial charge in [0.25, 0.3) is 0 Å². The largest absolute Gasteiger partial charge is 1.00 e. The van der Waals surface area contributed by atoms with E-state index in [2.05, 4.69) is 37.3 Å². The predicted octanol–water partition coefficient (Wildman–Crippen LogP) is 4.66. The molecular weight excluding hydrogens is 416 g/mol. The second kappa shape index (κ2) is 18.5. The molecule has 0 fully saturated rings. The Morgan fingerprint density at radius 1 is 0.750 bits per heavy atom. The Bertz CT molecular complexity index is 592. The van der Waals surface area contributed by atoms with Gasteiger partial charge in [-0.3, -0.25) is 0 Å². The second-order valence-electron chi connectivity index (χ2n) is 9.47. The number of aliphatic hydroxyl groups excluding tert-OH is 1. The van der Waals surface area contributed by atoms with Crippen molar-refractivity contribution in [2.45, 2.75) is 110 Å². The molecule has 3 nitrogen and oxygen atoms in total. The summed E-state index contributed by atoms with van der Waals surface area (Å²) in [6.07, 6.45) is 22.1. The van der Waals surface area contributed by atoms with E-state index < -0.39 is 0 Å². The summed E-state index contributed by atoms with van der Waals surface area (Å²) >= 11 is 0. The van der Waals surface area contributed by atoms with Crippen molar-refractivity contribution in [3.05, 3.63) is 30.3 Å². The fourth-order valence-electron chi connectivity index (χ4n) is 5.09. The summed E-state index contributed by atoms with van der Waals surface area (Å²) in [7, 11) is 0. The predicted molar refractivity (Wildman–Crippen MR) is 137 cm³/mol. The van der Waals surface area contributed by atoms with Crippen LogP contribution in [0.15, 0.2) is 35.3 Å². The monoisotopic (exact) mass is 464 g/mol. The van der Waals surface area contributed by atoms with Gasteiger partial charge in [-0.1, -0.05) is 115 Å². The van der Waals surface area contributed by atoms with Crippen LogP contribution in [0.1, 0.15) is 110 Å². The first-order valence-corrected chi connectivity index (χ1v) is 13.4. The molecule has 1 atom stereocenters. The first-order valence-electron chi connectivity index (χ1n) is 13.4. The zero-order valence-electron chi connectivity index (χ0n) is 20.7. The fraction of sp³-hybridized carbons (Fsp3) is 0.750. The third kappa shape index (κ3) is 10.4. The molecule has 0 spiro atoms. The zero-order chi connectivity index (χ0) is 22.0. The van der Waals surface area contributed by atoms with Gasteiger partial charge in [0.05, 0.1) is 13.2 Å². The first kappa shape index (κ1) is 29.1. The molecule has 4 heteroatoms. The van der Waals surface area contributed by atoms with E-state index in [4.69, 9.17) is 4.99 Å². The standard InChI is InChI=1S/C28H49N2O.ClH/c1-2-3-4-5-6-7-8-9-10-11-12-13-14-15-19-22-28-29-23-24-30(28,25-26-31)27-20-17-16-18-21-27;/h16-18,20-21,31H,2-15,19,22-26H2,1H3;1H/q+1;/p-1. The minimum absolute atomic E-state index is 0. The van der Waals surface area contributed by atoms with E-state index in [1.54, 1.807) is 0 Å². The number of halogens is 1. The molecule has 2 rings (SSSR count). The van der Waals surface area contributed by atoms with E-state index in [0.29, 0.717) is 0 Å². The van der Waals surface area contributed by atoms with Gasteiger partial charge in [-0.2, -0.15) is 0 Å². The second-order valence-corrected chi connectivity index (χ2v) is 9.47. The highest BCUT2D eigenvalue weighted by molar-refractivity contribution is 5.94. The van der Waals surface area contributed by atoms with Gasteiger partial charge in [0, 0.05) is 6.42 Å². The minimum Gasteiger partial charge on any atom is -1.00 e. The van der Waals surface area contributed by atoms with Gasteiger partial charge in [-0.15, -0.1) is 0 Å². The van der Waals surface area contributed by atoms with Crippen molar-refractivity contribution >= 4 is 11.5 Å². The molecule has 0 aliphatic carbocycles. The number of unbranched alkanes of at least 4 members (excludes halogenated alkanes) is 14. The van der Waals surface area contributed by atoms with Crippen LogP contribution in [0.4, 0.5) is 5.69 Å². The lowest BCUT2D eigenvalue weighted by Gasteiger charge is -2.33. The Kier molecular flexibility index (Phi) is 16.9. The number of aliphatic imine (C=N–C) groups is 1. The molecule has 1 N–H and O–H groups in total. The average Bonchev–Trinajstić information content (AvgIpc) is 3.21. The lowest BCUT2D eigenvalue weighted by atomic mass is 10.0. The Balaban J connectivity index is 0.00000512. The maximum absolute atomic E-state index is 9.70. The lowest BCUT2D eigenvalue weighted by molar-refractivity contribution is -0.00000777. The Labute approximate surface area is 204 Å². The van der Waals surface area contributed by atoms with Gasteiger partial charge in [-0.05, 0) is 18.6 Å². The molecule has 1 aliphatic heterocycles. The van der Waals surface area contributed by atoms with Gasteiger partial charge in [0.2, 0.25) is 5.84 Å². The molecule has 0 amide bonds. The quantitative estimate of drug-likeness (QED) is 0.234. The number of quaternary nitrogens is 1. The van der Waals surface area contributed by atoms with E-state index in [1.807, 2.05) is 0 Å². The van der Waals surface area contributed by atoms with Gasteiger partial charge in [0.15, 0.2) is 0 Å². The molecular formula is C28H49ClN2O. The van der Waals surface area contributed by atoms with Crippen LogP contribution in [0, 0.1) is 0 Å². The third-order valence-corrected chi connectivity index (χ3v) is 7.01. The molecule has 1 aliphatic rings. The number of rotatable bonds is 19. The highest BCUT2D eigenvalue weighted by atomic mass is 35.5. The average molecular weight is 465 g/mol. The fourth-order valence-corrected chi connectivity index (χ4v) is 5.09. The highest BCUT2D eigenvalue weighted by Crippen LogP contribution is 2.29. The molecule has 0 aromatic heterocycles. The van der Waals surface area contributed by atoms with Crippen molar-refractivity contribution in [3.8, 4) is 0 Å². The van der Waals surface area contributed by atoms with Crippen molar-refractivity contribution in [1.29, 1.82) is 0 Å². The number of amidine groups is 1. The smallest absolute Gasteiger partial charge is 0.203 e. The summed E-state index contributed by atoms with van der Waals surface area (Å²) in [5, 5.41) is 9.70. The number of hydrogen-bond donors (Lipinski definition) is 1. The number of aliphatic hydroxyl groups is 1. The van der Waals surface area contributed by atoms with Crippen LogP contribution < -0.4 is 16.9 Å². The van der Waals surface area contributed by atoms with Crippen LogP contribution in [0.3, 0.4) is 0 Å². The topological polar surface area (TPSA) is 32.6 Å². The number of nitrogens with zero attached hydrogens (tertiary/aromatic N) is 2. The SMILES string of the molecule is CCCCCCCCCCCCCCCCCC1=NCC[N+]1(CCO)c1ccccc1.[Cl-]. The molecule has 0 saturated carbocycles. The Hall–Kier alpha value is -0.900. The lowest BCUT2D eigenvalue weighted by Crippen LogP contribution is -3.00. The van der Waals surface area contributed by atoms with E-state index in [9.17, 15) is 5.11 Å². The van der Waals surface area contributed by atoms with Gasteiger partial charge >= 0.3 is 0 Å². The van der Waals surface area contributed by atoms with Crippen molar-refractivity contribution in [2.24, 2.45) is 4.99 Å². The van der Waals surface area contributed by atoms with E-state index in [-0.39, 0.29) is 19.0 Å². The van der Waals surface area contributed by atoms with Crippen molar-refractivity contribution in [3.63, 3.8) is 0 Å². The summed E-state index contributed by atoms with van der Waals surface area (Å²) in [5.41, 5.74) is 1.29. The van der Waals surface area contributed by atoms with Crippen LogP contribution in [-0.4, -0.2) is 37.2 Å². The van der Waals surface area contributed by atoms with Crippen LogP contribution in [-0.2, 0) is 0 Å². The van der Waals surface area contributed by atoms with E-state index >= 15 is 0 Å². The summed E-state index contributed by atoms with van der Waals surface area (Å²) in [6, 6.07) is 10.7. The molecule has 184 valence electrons. The first-order chi connectivity index (χ1) is 15.3. The molecule has 0 saturated heterocycles. The maximum Gasteiger partial charge on any atom is 0.203 e. The molecule has 0 radical (unpaired) electrons. The number of hydrogen-bond acceptors (Lipinski definition) is 2. The molecule has 32 heavy (non-hydrogen) atoms. The summed E-state index contributed by atoms with van der Waals surface area (Å²) < 4.78 is 0.774. The normalized spacial score (nSPS) is 17.9. The highest BCUT2D eigenvalue weighted by Gasteiger charge is 2.39. The van der Waals surface area contributed by atoms with Gasteiger partial charge < -0.3 is 17.5 Å². The van der Waals surface area contributed by atoms with Crippen LogP contribution in [0.2, 0.25) is 0 Å². The summed E-state index contributed by atoms with van der Waals surface area (Å²) in [4.78, 5) is 4.87. The zero-order valence-corrected chi connectivity index (χ0v) is 21.5. The Morgan fingerprint density at radius 3 is 1.75 bits per heavy atom. The van der Waals surface area contributed by atoms with Crippen molar-refractivity contribution in [1.82, 2.24) is 4.48 Å². The number of benzene rings is 1. The van der Waals surface area contributed by atoms with Crippen molar-refractivity contribution in [2.75, 3.05) is 26.2 Å². The molecule has 1 unspecified atom stereocenters. The van der Waals surface area contributed by atoms with E-state index in [1.165, 1.54) is 108 Å². The molecule has 1 heterocycles. The third-order valence-electron chi connectivity index (χ3n) is 7.01. The van der Waals surface area contributed by atoms with E-state index in [0.717, 1.165) is 30.5 Å². The molecule has 1 aromatic rings. The molecule has 1 aromatic carbocycles. The van der Waals surface area contributed by atoms with Gasteiger partial charge in [-0.25, -0.2) is 9.48 Å². The summed E-state index contributed by atoms with van der Waals surface area (Å²) in [5.74, 6) is 1.29. The van der Waals surface area contributed by atoms with Crippen molar-refractivity contribution < 1.29 is 17.5 Å².